The van der Waals surface area contributed by atoms with Crippen molar-refractivity contribution in [2.24, 2.45) is 0 Å². The van der Waals surface area contributed by atoms with E-state index in [0.717, 1.165) is 38.5 Å². The van der Waals surface area contributed by atoms with Gasteiger partial charge in [-0.25, -0.2) is 14.0 Å². The largest absolute Gasteiger partial charge is 0.464 e. The summed E-state index contributed by atoms with van der Waals surface area (Å²) in [6.07, 6.45) is 0.293. The average Bonchev–Trinajstić information content (AvgIpc) is 3.67. The topological polar surface area (TPSA) is 120 Å². The van der Waals surface area contributed by atoms with Crippen LogP contribution < -0.4 is 5.32 Å². The predicted octanol–water partition coefficient (Wildman–Crippen LogP) is 8.26. The molecule has 314 valence electrons. The van der Waals surface area contributed by atoms with Crippen molar-refractivity contribution in [3.05, 3.63) is 71.8 Å². The van der Waals surface area contributed by atoms with Crippen molar-refractivity contribution in [1.82, 2.24) is 5.32 Å². The van der Waals surface area contributed by atoms with Gasteiger partial charge in [-0.05, 0) is 48.3 Å². The van der Waals surface area contributed by atoms with Gasteiger partial charge in [0.25, 0.3) is 0 Å². The number of rotatable bonds is 26. The zero-order valence-electron chi connectivity index (χ0n) is 33.8. The molecule has 13 heteroatoms. The fourth-order valence-electron chi connectivity index (χ4n) is 7.60. The van der Waals surface area contributed by atoms with Gasteiger partial charge in [0.2, 0.25) is 5.60 Å². The molecule has 56 heavy (non-hydrogen) atoms. The summed E-state index contributed by atoms with van der Waals surface area (Å²) in [4.78, 5) is 31.8. The highest BCUT2D eigenvalue weighted by Gasteiger charge is 2.99. The maximum Gasteiger partial charge on any atom is 0.408 e. The molecule has 1 spiro atoms. The van der Waals surface area contributed by atoms with Gasteiger partial charge in [-0.2, -0.15) is 4.94 Å². The lowest BCUT2D eigenvalue weighted by Gasteiger charge is -2.48. The molecule has 3 unspecified atom stereocenters. The Morgan fingerprint density at radius 3 is 1.93 bits per heavy atom. The molecule has 1 N–H and O–H groups in total. The summed E-state index contributed by atoms with van der Waals surface area (Å²) in [6, 6.07) is 15.4. The molecule has 1 aliphatic carbocycles. The van der Waals surface area contributed by atoms with Crippen molar-refractivity contribution in [1.29, 1.82) is 0 Å². The third-order valence-corrected chi connectivity index (χ3v) is 10.5. The first-order chi connectivity index (χ1) is 27.2. The fourth-order valence-corrected chi connectivity index (χ4v) is 7.60. The summed E-state index contributed by atoms with van der Waals surface area (Å²) in [5, 5.41) is 2.50. The highest BCUT2D eigenvalue weighted by Crippen LogP contribution is 2.76. The summed E-state index contributed by atoms with van der Waals surface area (Å²) < 4.78 is 78.7. The number of esters is 1. The van der Waals surface area contributed by atoms with Crippen LogP contribution in [0.2, 0.25) is 0 Å². The van der Waals surface area contributed by atoms with Crippen LogP contribution in [-0.2, 0) is 55.1 Å². The van der Waals surface area contributed by atoms with Crippen LogP contribution in [0.5, 0.6) is 0 Å². The third kappa shape index (κ3) is 10.1. The van der Waals surface area contributed by atoms with E-state index in [1.165, 1.54) is 0 Å². The number of hydrogen-bond acceptors (Lipinski definition) is 10. The fraction of sp³-hybridized carbons (Fsp3) is 0.674. The minimum atomic E-state index is -2.88. The van der Waals surface area contributed by atoms with Crippen molar-refractivity contribution >= 4 is 12.1 Å². The van der Waals surface area contributed by atoms with E-state index in [-0.39, 0.29) is 38.6 Å². The molecule has 2 aromatic rings. The molecule has 1 heterocycles. The lowest BCUT2D eigenvalue weighted by molar-refractivity contribution is -0.312. The second kappa shape index (κ2) is 22.7. The van der Waals surface area contributed by atoms with E-state index < -0.39 is 65.8 Å². The van der Waals surface area contributed by atoms with E-state index in [2.05, 4.69) is 5.32 Å². The molecule has 1 saturated carbocycles. The van der Waals surface area contributed by atoms with Gasteiger partial charge in [-0.15, -0.1) is 0 Å². The van der Waals surface area contributed by atoms with E-state index in [1.807, 2.05) is 33.8 Å². The quantitative estimate of drug-likeness (QED) is 0.0737. The van der Waals surface area contributed by atoms with Gasteiger partial charge in [0, 0.05) is 32.8 Å². The average molecular weight is 792 g/mol. The molecule has 1 aliphatic heterocycles. The Morgan fingerprint density at radius 2 is 1.34 bits per heavy atom. The second-order valence-corrected chi connectivity index (χ2v) is 14.5. The van der Waals surface area contributed by atoms with Crippen LogP contribution in [0.15, 0.2) is 60.7 Å². The molecule has 11 nitrogen and oxygen atoms in total. The lowest BCUT2D eigenvalue weighted by atomic mass is 9.88. The smallest absolute Gasteiger partial charge is 0.408 e. The Balaban J connectivity index is 1.87. The van der Waals surface area contributed by atoms with Crippen molar-refractivity contribution < 1.29 is 56.6 Å². The number of alkyl halides is 1. The summed E-state index contributed by atoms with van der Waals surface area (Å²) in [5.74, 6) is -0.945. The Labute approximate surface area is 331 Å². The predicted molar refractivity (Wildman–Crippen MR) is 206 cm³/mol. The van der Waals surface area contributed by atoms with Crippen LogP contribution in [0.25, 0.3) is 0 Å². The SMILES string of the molecule is CCCCOC[C@H]1O[C@]2([C@H](OCCCC)[C@@H](OCCCC)[C@H]1OCCCC)C(F)(CC(NC(=O)OCc1ccccc1)C(=O)OCC)C2(OF)c1ccccc1. The van der Waals surface area contributed by atoms with E-state index in [0.29, 0.717) is 31.6 Å². The minimum Gasteiger partial charge on any atom is -0.464 e. The molecule has 8 atom stereocenters. The van der Waals surface area contributed by atoms with E-state index in [1.54, 1.807) is 61.5 Å². The number of alkyl carbamates (subject to hydrolysis) is 1. The summed E-state index contributed by atoms with van der Waals surface area (Å²) in [7, 11) is 0. The van der Waals surface area contributed by atoms with Crippen molar-refractivity contribution in [3.8, 4) is 0 Å². The zero-order chi connectivity index (χ0) is 40.4. The molecule has 2 aliphatic rings. The number of amides is 1. The lowest BCUT2D eigenvalue weighted by Crippen LogP contribution is -2.66. The van der Waals surface area contributed by atoms with Gasteiger partial charge in [0.15, 0.2) is 11.3 Å². The van der Waals surface area contributed by atoms with Gasteiger partial charge < -0.3 is 38.5 Å². The van der Waals surface area contributed by atoms with Crippen LogP contribution >= 0.6 is 0 Å². The van der Waals surface area contributed by atoms with Crippen LogP contribution in [0.1, 0.15) is 104 Å². The highest BCUT2D eigenvalue weighted by atomic mass is 19.3. The Hall–Kier alpha value is -3.20. The minimum absolute atomic E-state index is 0.0214. The van der Waals surface area contributed by atoms with Gasteiger partial charge >= 0.3 is 12.1 Å². The zero-order valence-corrected chi connectivity index (χ0v) is 33.8. The number of hydrogen-bond donors (Lipinski definition) is 1. The molecule has 1 saturated heterocycles. The van der Waals surface area contributed by atoms with Gasteiger partial charge in [0.1, 0.15) is 37.1 Å². The Bertz CT molecular complexity index is 1440. The number of carbonyl (C=O) groups excluding carboxylic acids is 2. The maximum atomic E-state index is 19.1. The molecule has 4 rings (SSSR count). The molecule has 2 fully saturated rings. The molecule has 0 bridgehead atoms. The first kappa shape index (κ1) is 45.5. The number of carbonyl (C=O) groups is 2. The van der Waals surface area contributed by atoms with Gasteiger partial charge in [0.05, 0.1) is 13.2 Å². The summed E-state index contributed by atoms with van der Waals surface area (Å²) in [5.41, 5.74) is -6.84. The molecular formula is C43H63F2NO10. The standard InChI is InChI=1S/C43H63F2NO10/c1-6-11-25-49-31-35-36(51-26-12-7-2)37(52-27-13-8-3)38(53-28-14-9-4)43(55-35)41(44,42(43,56-45)33-23-19-16-20-24-33)29-34(39(47)50-10-5)46-40(48)54-30-32-21-17-15-18-22-32/h15-24,34-38H,6-14,25-31H2,1-5H3,(H,46,48)/t34?,35-,36+,37+,38-,41?,42?,43-/m1/s1. The molecule has 2 aromatic carbocycles. The number of benzene rings is 2. The maximum absolute atomic E-state index is 19.1. The van der Waals surface area contributed by atoms with Crippen molar-refractivity contribution in [2.45, 2.75) is 146 Å². The Morgan fingerprint density at radius 1 is 0.768 bits per heavy atom. The molecule has 1 amide bonds. The van der Waals surface area contributed by atoms with Crippen LogP contribution in [0.4, 0.5) is 13.7 Å². The van der Waals surface area contributed by atoms with Crippen LogP contribution in [-0.4, -0.2) is 93.4 Å². The number of unbranched alkanes of at least 4 members (excludes halogenated alkanes) is 4. The van der Waals surface area contributed by atoms with E-state index in [9.17, 15) is 9.59 Å². The van der Waals surface area contributed by atoms with Crippen LogP contribution in [0, 0.1) is 0 Å². The molecule has 0 radical (unpaired) electrons. The number of nitrogens with one attached hydrogen (secondary N) is 1. The highest BCUT2D eigenvalue weighted by molar-refractivity contribution is 5.82. The first-order valence-electron chi connectivity index (χ1n) is 20.5. The van der Waals surface area contributed by atoms with Gasteiger partial charge in [-0.3, -0.25) is 0 Å². The van der Waals surface area contributed by atoms with Crippen molar-refractivity contribution in [2.75, 3.05) is 39.6 Å². The van der Waals surface area contributed by atoms with E-state index in [4.69, 9.17) is 38.1 Å². The van der Waals surface area contributed by atoms with Crippen LogP contribution in [0.3, 0.4) is 0 Å². The number of ether oxygens (including phenoxy) is 7. The second-order valence-electron chi connectivity index (χ2n) is 14.5. The van der Waals surface area contributed by atoms with Gasteiger partial charge in [-0.1, -0.05) is 114 Å². The van der Waals surface area contributed by atoms with Crippen molar-refractivity contribution in [3.63, 3.8) is 0 Å². The third-order valence-electron chi connectivity index (χ3n) is 10.5. The number of halogens is 2. The Kier molecular flexibility index (Phi) is 18.4. The summed E-state index contributed by atoms with van der Waals surface area (Å²) in [6.45, 7) is 10.7. The summed E-state index contributed by atoms with van der Waals surface area (Å²) >= 11 is 0. The normalized spacial score (nSPS) is 27.5. The van der Waals surface area contributed by atoms with E-state index >= 15 is 8.92 Å². The molecular weight excluding hydrogens is 728 g/mol. The first-order valence-corrected chi connectivity index (χ1v) is 20.5. The monoisotopic (exact) mass is 791 g/mol. The molecule has 0 aromatic heterocycles.